The smallest absolute Gasteiger partial charge is 0.0894 e. The maximum atomic E-state index is 10.6. The first kappa shape index (κ1) is 13.2. The number of benzene rings is 1. The third-order valence-electron chi connectivity index (χ3n) is 3.77. The Bertz CT molecular complexity index is 352. The lowest BCUT2D eigenvalue weighted by Gasteiger charge is -2.31. The van der Waals surface area contributed by atoms with Gasteiger partial charge in [0, 0.05) is 0 Å². The Morgan fingerprint density at radius 2 is 1.88 bits per heavy atom. The third kappa shape index (κ3) is 2.65. The Morgan fingerprint density at radius 1 is 1.25 bits per heavy atom. The van der Waals surface area contributed by atoms with Crippen LogP contribution in [-0.2, 0) is 5.60 Å². The van der Waals surface area contributed by atoms with Gasteiger partial charge in [0.1, 0.15) is 0 Å². The summed E-state index contributed by atoms with van der Waals surface area (Å²) in [5.74, 6) is 0.291. The molecule has 1 heteroatoms. The van der Waals surface area contributed by atoms with E-state index in [1.165, 1.54) is 11.1 Å². The van der Waals surface area contributed by atoms with Crippen molar-refractivity contribution in [3.8, 4) is 0 Å². The Hall–Kier alpha value is -0.820. The molecule has 16 heavy (non-hydrogen) atoms. The average molecular weight is 220 g/mol. The highest BCUT2D eigenvalue weighted by Crippen LogP contribution is 2.32. The number of hydrogen-bond donors (Lipinski definition) is 1. The average Bonchev–Trinajstić information content (AvgIpc) is 2.22. The highest BCUT2D eigenvalue weighted by Gasteiger charge is 2.29. The van der Waals surface area contributed by atoms with E-state index >= 15 is 0 Å². The van der Waals surface area contributed by atoms with Gasteiger partial charge in [0.2, 0.25) is 0 Å². The summed E-state index contributed by atoms with van der Waals surface area (Å²) in [6.07, 6.45) is 2.17. The molecule has 0 amide bonds. The van der Waals surface area contributed by atoms with Crippen molar-refractivity contribution in [1.82, 2.24) is 0 Å². The molecule has 1 aromatic rings. The van der Waals surface area contributed by atoms with Crippen molar-refractivity contribution in [3.63, 3.8) is 0 Å². The third-order valence-corrected chi connectivity index (χ3v) is 3.77. The molecule has 2 atom stereocenters. The molecule has 0 aliphatic carbocycles. The van der Waals surface area contributed by atoms with Crippen molar-refractivity contribution >= 4 is 0 Å². The molecule has 0 heterocycles. The van der Waals surface area contributed by atoms with Gasteiger partial charge in [-0.3, -0.25) is 0 Å². The van der Waals surface area contributed by atoms with Gasteiger partial charge in [-0.15, -0.1) is 0 Å². The lowest BCUT2D eigenvalue weighted by Crippen LogP contribution is -2.30. The topological polar surface area (TPSA) is 20.2 Å². The quantitative estimate of drug-likeness (QED) is 0.814. The van der Waals surface area contributed by atoms with E-state index in [4.69, 9.17) is 0 Å². The summed E-state index contributed by atoms with van der Waals surface area (Å²) >= 11 is 0. The first-order valence-corrected chi connectivity index (χ1v) is 6.19. The summed E-state index contributed by atoms with van der Waals surface area (Å²) < 4.78 is 0. The van der Waals surface area contributed by atoms with Crippen LogP contribution in [-0.4, -0.2) is 5.11 Å². The maximum Gasteiger partial charge on any atom is 0.0894 e. The van der Waals surface area contributed by atoms with Crippen LogP contribution in [0.1, 0.15) is 50.3 Å². The molecule has 1 nitrogen and oxygen atoms in total. The Kier molecular flexibility index (Phi) is 4.15. The van der Waals surface area contributed by atoms with Crippen LogP contribution in [0.5, 0.6) is 0 Å². The zero-order valence-corrected chi connectivity index (χ0v) is 11.2. The number of hydrogen-bond acceptors (Lipinski definition) is 1. The molecule has 1 N–H and O–H groups in total. The van der Waals surface area contributed by atoms with E-state index in [2.05, 4.69) is 45.9 Å². The monoisotopic (exact) mass is 220 g/mol. The molecule has 0 saturated heterocycles. The molecule has 0 aliphatic heterocycles. The fourth-order valence-corrected chi connectivity index (χ4v) is 2.05. The fraction of sp³-hybridized carbons (Fsp3) is 0.600. The molecule has 0 bridgehead atoms. The summed E-state index contributed by atoms with van der Waals surface area (Å²) in [7, 11) is 0. The Labute approximate surface area is 99.5 Å². The van der Waals surface area contributed by atoms with E-state index < -0.39 is 5.60 Å². The van der Waals surface area contributed by atoms with Gasteiger partial charge >= 0.3 is 0 Å². The predicted octanol–water partition coefficient (Wildman–Crippen LogP) is 3.95. The molecular formula is C15H24O. The number of aryl methyl sites for hydroxylation is 2. The van der Waals surface area contributed by atoms with Crippen molar-refractivity contribution in [2.75, 3.05) is 0 Å². The van der Waals surface area contributed by atoms with Gasteiger partial charge in [-0.25, -0.2) is 0 Å². The van der Waals surface area contributed by atoms with Crippen LogP contribution >= 0.6 is 0 Å². The molecular weight excluding hydrogens is 196 g/mol. The minimum Gasteiger partial charge on any atom is -0.385 e. The summed E-state index contributed by atoms with van der Waals surface area (Å²) in [4.78, 5) is 0. The van der Waals surface area contributed by atoms with Crippen LogP contribution in [0.15, 0.2) is 18.2 Å². The van der Waals surface area contributed by atoms with E-state index in [0.717, 1.165) is 18.4 Å². The first-order chi connectivity index (χ1) is 7.39. The maximum absolute atomic E-state index is 10.6. The van der Waals surface area contributed by atoms with Gasteiger partial charge in [-0.2, -0.15) is 0 Å². The molecule has 0 fully saturated rings. The number of aliphatic hydroxyl groups is 1. The highest BCUT2D eigenvalue weighted by atomic mass is 16.3. The van der Waals surface area contributed by atoms with Crippen LogP contribution in [0.3, 0.4) is 0 Å². The summed E-state index contributed by atoms with van der Waals surface area (Å²) in [5.41, 5.74) is 2.86. The van der Waals surface area contributed by atoms with Gasteiger partial charge in [-0.05, 0) is 49.8 Å². The molecule has 2 unspecified atom stereocenters. The highest BCUT2D eigenvalue weighted by molar-refractivity contribution is 5.33. The molecule has 0 radical (unpaired) electrons. The standard InChI is InChI=1S/C15H24O/c1-6-7-13(4)15(5,16)14-9-8-11(2)12(3)10-14/h8-10,13,16H,6-7H2,1-5H3. The number of rotatable bonds is 4. The van der Waals surface area contributed by atoms with Crippen LogP contribution in [0.2, 0.25) is 0 Å². The lowest BCUT2D eigenvalue weighted by atomic mass is 9.81. The summed E-state index contributed by atoms with van der Waals surface area (Å²) in [6.45, 7) is 10.4. The molecule has 1 aromatic carbocycles. The molecule has 0 aromatic heterocycles. The van der Waals surface area contributed by atoms with E-state index in [1.807, 2.05) is 6.92 Å². The second-order valence-electron chi connectivity index (χ2n) is 5.14. The predicted molar refractivity (Wildman–Crippen MR) is 69.6 cm³/mol. The van der Waals surface area contributed by atoms with E-state index in [-0.39, 0.29) is 0 Å². The normalized spacial score (nSPS) is 16.9. The van der Waals surface area contributed by atoms with E-state index in [1.54, 1.807) is 0 Å². The van der Waals surface area contributed by atoms with Gasteiger partial charge in [-0.1, -0.05) is 38.5 Å². The summed E-state index contributed by atoms with van der Waals surface area (Å²) in [5, 5.41) is 10.6. The van der Waals surface area contributed by atoms with Gasteiger partial charge in [0.15, 0.2) is 0 Å². The first-order valence-electron chi connectivity index (χ1n) is 6.19. The van der Waals surface area contributed by atoms with Crippen molar-refractivity contribution < 1.29 is 5.11 Å². The summed E-state index contributed by atoms with van der Waals surface area (Å²) in [6, 6.07) is 6.26. The minimum atomic E-state index is -0.714. The Morgan fingerprint density at radius 3 is 2.38 bits per heavy atom. The minimum absolute atomic E-state index is 0.291. The van der Waals surface area contributed by atoms with E-state index in [0.29, 0.717) is 5.92 Å². The van der Waals surface area contributed by atoms with Gasteiger partial charge in [0.25, 0.3) is 0 Å². The van der Waals surface area contributed by atoms with Crippen LogP contribution < -0.4 is 0 Å². The molecule has 1 rings (SSSR count). The van der Waals surface area contributed by atoms with Crippen molar-refractivity contribution in [3.05, 3.63) is 34.9 Å². The van der Waals surface area contributed by atoms with Crippen molar-refractivity contribution in [2.24, 2.45) is 5.92 Å². The van der Waals surface area contributed by atoms with Crippen LogP contribution in [0, 0.1) is 19.8 Å². The zero-order valence-electron chi connectivity index (χ0n) is 11.2. The zero-order chi connectivity index (χ0) is 12.3. The van der Waals surface area contributed by atoms with Gasteiger partial charge in [0.05, 0.1) is 5.60 Å². The largest absolute Gasteiger partial charge is 0.385 e. The molecule has 0 aliphatic rings. The second-order valence-corrected chi connectivity index (χ2v) is 5.14. The fourth-order valence-electron chi connectivity index (χ4n) is 2.05. The second kappa shape index (κ2) is 5.01. The molecule has 90 valence electrons. The lowest BCUT2D eigenvalue weighted by molar-refractivity contribution is -0.00225. The van der Waals surface area contributed by atoms with Crippen LogP contribution in [0.25, 0.3) is 0 Å². The Balaban J connectivity index is 3.01. The molecule has 0 spiro atoms. The van der Waals surface area contributed by atoms with Crippen LogP contribution in [0.4, 0.5) is 0 Å². The van der Waals surface area contributed by atoms with Gasteiger partial charge < -0.3 is 5.11 Å². The van der Waals surface area contributed by atoms with E-state index in [9.17, 15) is 5.11 Å². The molecule has 0 saturated carbocycles. The van der Waals surface area contributed by atoms with Crippen molar-refractivity contribution in [1.29, 1.82) is 0 Å². The SMILES string of the molecule is CCCC(C)C(C)(O)c1ccc(C)c(C)c1. The van der Waals surface area contributed by atoms with Crippen molar-refractivity contribution in [2.45, 2.75) is 53.1 Å².